The lowest BCUT2D eigenvalue weighted by atomic mass is 10.1. The zero-order valence-electron chi connectivity index (χ0n) is 13.9. The highest BCUT2D eigenvalue weighted by molar-refractivity contribution is 6.02. The Balaban J connectivity index is 2.00. The van der Waals surface area contributed by atoms with Crippen LogP contribution in [0.1, 0.15) is 15.9 Å². The molecule has 0 saturated heterocycles. The molecule has 0 aliphatic carbocycles. The van der Waals surface area contributed by atoms with Crippen LogP contribution in [-0.2, 0) is 4.79 Å². The lowest BCUT2D eigenvalue weighted by molar-refractivity contribution is -0.115. The molecule has 6 nitrogen and oxygen atoms in total. The number of amides is 2. The third-order valence-electron chi connectivity index (χ3n) is 3.40. The van der Waals surface area contributed by atoms with Gasteiger partial charge in [-0.3, -0.25) is 9.59 Å². The van der Waals surface area contributed by atoms with E-state index in [2.05, 4.69) is 10.6 Å². The van der Waals surface area contributed by atoms with Crippen LogP contribution in [0.15, 0.2) is 42.5 Å². The van der Waals surface area contributed by atoms with Gasteiger partial charge in [0, 0.05) is 5.69 Å². The van der Waals surface area contributed by atoms with E-state index in [0.29, 0.717) is 17.2 Å². The average molecular weight is 328 g/mol. The van der Waals surface area contributed by atoms with Gasteiger partial charge in [0.15, 0.2) is 0 Å². The quantitative estimate of drug-likeness (QED) is 0.853. The van der Waals surface area contributed by atoms with E-state index >= 15 is 0 Å². The van der Waals surface area contributed by atoms with Crippen LogP contribution in [0.2, 0.25) is 0 Å². The van der Waals surface area contributed by atoms with E-state index in [1.807, 2.05) is 19.1 Å². The van der Waals surface area contributed by atoms with Gasteiger partial charge >= 0.3 is 0 Å². The lowest BCUT2D eigenvalue weighted by Gasteiger charge is -2.13. The second-order valence-electron chi connectivity index (χ2n) is 5.13. The van der Waals surface area contributed by atoms with Crippen molar-refractivity contribution < 1.29 is 19.1 Å². The fraction of sp³-hybridized carbons (Fsp3) is 0.222. The van der Waals surface area contributed by atoms with Crippen LogP contribution in [0.5, 0.6) is 11.5 Å². The molecule has 2 rings (SSSR count). The van der Waals surface area contributed by atoms with E-state index in [1.54, 1.807) is 30.3 Å². The summed E-state index contributed by atoms with van der Waals surface area (Å²) in [5, 5.41) is 5.29. The molecule has 0 atom stereocenters. The Morgan fingerprint density at radius 1 is 0.958 bits per heavy atom. The molecule has 2 amide bonds. The topological polar surface area (TPSA) is 76.7 Å². The smallest absolute Gasteiger partial charge is 0.259 e. The van der Waals surface area contributed by atoms with E-state index in [4.69, 9.17) is 9.47 Å². The van der Waals surface area contributed by atoms with Crippen molar-refractivity contribution in [2.45, 2.75) is 6.92 Å². The Morgan fingerprint density at radius 3 is 2.08 bits per heavy atom. The van der Waals surface area contributed by atoms with Crippen molar-refractivity contribution in [2.75, 3.05) is 26.1 Å². The van der Waals surface area contributed by atoms with Crippen LogP contribution < -0.4 is 20.1 Å². The summed E-state index contributed by atoms with van der Waals surface area (Å²) in [5.41, 5.74) is 2.03. The predicted octanol–water partition coefficient (Wildman–Crippen LogP) is 2.38. The highest BCUT2D eigenvalue weighted by atomic mass is 16.5. The standard InChI is InChI=1S/C18H20N2O4/c1-12-7-9-13(10-8-12)20-16(21)11-19-18(22)17-14(23-2)5-4-6-15(17)24-3/h4-10H,11H2,1-3H3,(H,19,22)(H,20,21). The van der Waals surface area contributed by atoms with E-state index in [9.17, 15) is 9.59 Å². The molecule has 0 heterocycles. The highest BCUT2D eigenvalue weighted by Crippen LogP contribution is 2.27. The number of anilines is 1. The van der Waals surface area contributed by atoms with Gasteiger partial charge in [0.1, 0.15) is 17.1 Å². The number of ether oxygens (including phenoxy) is 2. The number of hydrogen-bond acceptors (Lipinski definition) is 4. The summed E-state index contributed by atoms with van der Waals surface area (Å²) >= 11 is 0. The molecule has 0 aliphatic heterocycles. The van der Waals surface area contributed by atoms with Crippen molar-refractivity contribution in [3.63, 3.8) is 0 Å². The summed E-state index contributed by atoms with van der Waals surface area (Å²) in [6.45, 7) is 1.81. The van der Waals surface area contributed by atoms with Gasteiger partial charge in [-0.2, -0.15) is 0 Å². The first-order valence-electron chi connectivity index (χ1n) is 7.41. The number of carbonyl (C=O) groups excluding carboxylic acids is 2. The lowest BCUT2D eigenvalue weighted by Crippen LogP contribution is -2.33. The molecule has 0 unspecified atom stereocenters. The Morgan fingerprint density at radius 2 is 1.54 bits per heavy atom. The zero-order chi connectivity index (χ0) is 17.5. The molecule has 0 aromatic heterocycles. The second-order valence-corrected chi connectivity index (χ2v) is 5.13. The van der Waals surface area contributed by atoms with Gasteiger partial charge in [-0.15, -0.1) is 0 Å². The van der Waals surface area contributed by atoms with Crippen LogP contribution >= 0.6 is 0 Å². The number of aryl methyl sites for hydroxylation is 1. The molecule has 0 aliphatic rings. The van der Waals surface area contributed by atoms with Crippen molar-refractivity contribution in [2.24, 2.45) is 0 Å². The van der Waals surface area contributed by atoms with Crippen LogP contribution in [-0.4, -0.2) is 32.6 Å². The second kappa shape index (κ2) is 8.01. The van der Waals surface area contributed by atoms with Crippen LogP contribution in [0.25, 0.3) is 0 Å². The molecular weight excluding hydrogens is 308 g/mol. The number of rotatable bonds is 6. The summed E-state index contributed by atoms with van der Waals surface area (Å²) in [4.78, 5) is 24.3. The maximum absolute atomic E-state index is 12.4. The molecule has 0 fully saturated rings. The Bertz CT molecular complexity index is 704. The predicted molar refractivity (Wildman–Crippen MR) is 91.7 cm³/mol. The zero-order valence-corrected chi connectivity index (χ0v) is 13.9. The van der Waals surface area contributed by atoms with Crippen molar-refractivity contribution in [1.29, 1.82) is 0 Å². The minimum absolute atomic E-state index is 0.159. The molecule has 126 valence electrons. The monoisotopic (exact) mass is 328 g/mol. The largest absolute Gasteiger partial charge is 0.496 e. The van der Waals surface area contributed by atoms with Gasteiger partial charge < -0.3 is 20.1 Å². The summed E-state index contributed by atoms with van der Waals surface area (Å²) in [7, 11) is 2.94. The summed E-state index contributed by atoms with van der Waals surface area (Å²) in [6, 6.07) is 12.4. The number of benzene rings is 2. The first kappa shape index (κ1) is 17.3. The number of hydrogen-bond donors (Lipinski definition) is 2. The summed E-state index contributed by atoms with van der Waals surface area (Å²) in [6.07, 6.45) is 0. The molecule has 2 aromatic rings. The Hall–Kier alpha value is -3.02. The maximum Gasteiger partial charge on any atom is 0.259 e. The third-order valence-corrected chi connectivity index (χ3v) is 3.40. The Kier molecular flexibility index (Phi) is 5.78. The molecule has 2 N–H and O–H groups in total. The van der Waals surface area contributed by atoms with Gasteiger partial charge in [0.05, 0.1) is 20.8 Å². The molecular formula is C18H20N2O4. The first-order chi connectivity index (χ1) is 11.5. The van der Waals surface area contributed by atoms with Crippen LogP contribution in [0.3, 0.4) is 0 Å². The van der Waals surface area contributed by atoms with E-state index < -0.39 is 5.91 Å². The van der Waals surface area contributed by atoms with Crippen molar-refractivity contribution in [3.05, 3.63) is 53.6 Å². The number of nitrogens with one attached hydrogen (secondary N) is 2. The fourth-order valence-corrected chi connectivity index (χ4v) is 2.17. The summed E-state index contributed by atoms with van der Waals surface area (Å²) in [5.74, 6) is 0.000935. The molecule has 24 heavy (non-hydrogen) atoms. The van der Waals surface area contributed by atoms with Gasteiger partial charge in [0.25, 0.3) is 5.91 Å². The van der Waals surface area contributed by atoms with E-state index in [-0.39, 0.29) is 18.0 Å². The number of carbonyl (C=O) groups is 2. The van der Waals surface area contributed by atoms with Crippen molar-refractivity contribution in [1.82, 2.24) is 5.32 Å². The third kappa shape index (κ3) is 4.25. The SMILES string of the molecule is COc1cccc(OC)c1C(=O)NCC(=O)Nc1ccc(C)cc1. The highest BCUT2D eigenvalue weighted by Gasteiger charge is 2.18. The molecule has 6 heteroatoms. The van der Waals surface area contributed by atoms with Crippen LogP contribution in [0, 0.1) is 6.92 Å². The first-order valence-corrected chi connectivity index (χ1v) is 7.41. The van der Waals surface area contributed by atoms with Gasteiger partial charge in [-0.05, 0) is 31.2 Å². The maximum atomic E-state index is 12.4. The molecule has 0 radical (unpaired) electrons. The minimum atomic E-state index is -0.441. The molecule has 0 bridgehead atoms. The molecule has 0 spiro atoms. The minimum Gasteiger partial charge on any atom is -0.496 e. The van der Waals surface area contributed by atoms with E-state index in [0.717, 1.165) is 5.56 Å². The summed E-state index contributed by atoms with van der Waals surface area (Å²) < 4.78 is 10.4. The fourth-order valence-electron chi connectivity index (χ4n) is 2.17. The van der Waals surface area contributed by atoms with Crippen molar-refractivity contribution >= 4 is 17.5 Å². The van der Waals surface area contributed by atoms with Crippen molar-refractivity contribution in [3.8, 4) is 11.5 Å². The van der Waals surface area contributed by atoms with E-state index in [1.165, 1.54) is 14.2 Å². The normalized spacial score (nSPS) is 9.96. The average Bonchev–Trinajstić information content (AvgIpc) is 2.60. The van der Waals surface area contributed by atoms with Gasteiger partial charge in [-0.1, -0.05) is 23.8 Å². The Labute approximate surface area is 140 Å². The number of methoxy groups -OCH3 is 2. The molecule has 2 aromatic carbocycles. The van der Waals surface area contributed by atoms with Crippen LogP contribution in [0.4, 0.5) is 5.69 Å². The van der Waals surface area contributed by atoms with Gasteiger partial charge in [0.2, 0.25) is 5.91 Å². The molecule has 0 saturated carbocycles. The van der Waals surface area contributed by atoms with Gasteiger partial charge in [-0.25, -0.2) is 0 Å².